The molecular formula is C10H14BrNO2S. The highest BCUT2D eigenvalue weighted by Crippen LogP contribution is 2.29. The van der Waals surface area contributed by atoms with Crippen molar-refractivity contribution in [2.45, 2.75) is 18.6 Å². The molecule has 0 radical (unpaired) electrons. The van der Waals surface area contributed by atoms with Gasteiger partial charge in [-0.05, 0) is 28.4 Å². The average molecular weight is 292 g/mol. The summed E-state index contributed by atoms with van der Waals surface area (Å²) in [6, 6.07) is 2.07. The third-order valence-corrected chi connectivity index (χ3v) is 4.15. The lowest BCUT2D eigenvalue weighted by Gasteiger charge is -2.18. The second kappa shape index (κ2) is 5.41. The zero-order valence-electron chi connectivity index (χ0n) is 8.32. The van der Waals surface area contributed by atoms with Crippen molar-refractivity contribution in [1.29, 1.82) is 0 Å². The third kappa shape index (κ3) is 3.01. The van der Waals surface area contributed by atoms with E-state index in [-0.39, 0.29) is 12.2 Å². The normalized spacial score (nSPS) is 23.2. The van der Waals surface area contributed by atoms with Gasteiger partial charge in [0.25, 0.3) is 0 Å². The SMILES string of the molecule is NCC(OC1CCOC1)c1cc(Br)cs1. The molecule has 1 aliphatic rings. The minimum absolute atomic E-state index is 0.00741. The van der Waals surface area contributed by atoms with E-state index >= 15 is 0 Å². The van der Waals surface area contributed by atoms with Crippen molar-refractivity contribution in [3.8, 4) is 0 Å². The van der Waals surface area contributed by atoms with Gasteiger partial charge >= 0.3 is 0 Å². The molecule has 15 heavy (non-hydrogen) atoms. The molecule has 1 aliphatic heterocycles. The summed E-state index contributed by atoms with van der Waals surface area (Å²) in [5.41, 5.74) is 5.72. The van der Waals surface area contributed by atoms with E-state index in [0.29, 0.717) is 13.2 Å². The van der Waals surface area contributed by atoms with E-state index in [4.69, 9.17) is 15.2 Å². The van der Waals surface area contributed by atoms with Gasteiger partial charge in [0.1, 0.15) is 6.10 Å². The van der Waals surface area contributed by atoms with E-state index in [2.05, 4.69) is 22.0 Å². The van der Waals surface area contributed by atoms with Gasteiger partial charge in [-0.3, -0.25) is 0 Å². The molecule has 2 N–H and O–H groups in total. The first-order chi connectivity index (χ1) is 7.29. The second-order valence-electron chi connectivity index (χ2n) is 3.51. The molecule has 2 heterocycles. The maximum atomic E-state index is 5.90. The summed E-state index contributed by atoms with van der Waals surface area (Å²) in [6.45, 7) is 2.02. The number of hydrogen-bond acceptors (Lipinski definition) is 4. The molecule has 5 heteroatoms. The van der Waals surface area contributed by atoms with Crippen molar-refractivity contribution in [3.05, 3.63) is 20.8 Å². The predicted molar refractivity (Wildman–Crippen MR) is 64.1 cm³/mol. The highest BCUT2D eigenvalue weighted by Gasteiger charge is 2.22. The molecule has 84 valence electrons. The van der Waals surface area contributed by atoms with Crippen molar-refractivity contribution < 1.29 is 9.47 Å². The summed E-state index contributed by atoms with van der Waals surface area (Å²) >= 11 is 5.10. The Morgan fingerprint density at radius 2 is 2.60 bits per heavy atom. The van der Waals surface area contributed by atoms with Gasteiger partial charge in [-0.2, -0.15) is 0 Å². The highest BCUT2D eigenvalue weighted by atomic mass is 79.9. The molecule has 1 aromatic heterocycles. The Morgan fingerprint density at radius 1 is 1.73 bits per heavy atom. The molecule has 2 rings (SSSR count). The first-order valence-electron chi connectivity index (χ1n) is 4.97. The summed E-state index contributed by atoms with van der Waals surface area (Å²) in [6.07, 6.45) is 1.19. The summed E-state index contributed by atoms with van der Waals surface area (Å²) in [5, 5.41) is 2.05. The molecule has 3 nitrogen and oxygen atoms in total. The zero-order chi connectivity index (χ0) is 10.7. The van der Waals surface area contributed by atoms with Gasteiger partial charge in [-0.25, -0.2) is 0 Å². The topological polar surface area (TPSA) is 44.5 Å². The monoisotopic (exact) mass is 291 g/mol. The molecule has 1 fully saturated rings. The molecule has 0 bridgehead atoms. The van der Waals surface area contributed by atoms with Crippen LogP contribution in [0.5, 0.6) is 0 Å². The van der Waals surface area contributed by atoms with E-state index in [1.54, 1.807) is 11.3 Å². The van der Waals surface area contributed by atoms with Gasteiger partial charge in [-0.1, -0.05) is 0 Å². The Balaban J connectivity index is 1.97. The van der Waals surface area contributed by atoms with E-state index in [1.807, 2.05) is 5.38 Å². The minimum Gasteiger partial charge on any atom is -0.379 e. The first kappa shape index (κ1) is 11.5. The van der Waals surface area contributed by atoms with Crippen molar-refractivity contribution >= 4 is 27.3 Å². The minimum atomic E-state index is 0.00741. The van der Waals surface area contributed by atoms with Crippen molar-refractivity contribution in [2.24, 2.45) is 5.73 Å². The van der Waals surface area contributed by atoms with Gasteiger partial charge in [0, 0.05) is 27.9 Å². The lowest BCUT2D eigenvalue weighted by molar-refractivity contribution is -0.0108. The molecule has 0 amide bonds. The van der Waals surface area contributed by atoms with Gasteiger partial charge in [-0.15, -0.1) is 11.3 Å². The molecule has 0 aliphatic carbocycles. The Labute approximate surface area is 102 Å². The Kier molecular flexibility index (Phi) is 4.16. The van der Waals surface area contributed by atoms with Crippen LogP contribution < -0.4 is 5.73 Å². The molecule has 2 atom stereocenters. The van der Waals surface area contributed by atoms with Crippen LogP contribution in [0.3, 0.4) is 0 Å². The second-order valence-corrected chi connectivity index (χ2v) is 5.37. The van der Waals surface area contributed by atoms with Crippen LogP contribution in [0.25, 0.3) is 0 Å². The van der Waals surface area contributed by atoms with E-state index in [9.17, 15) is 0 Å². The number of rotatable bonds is 4. The van der Waals surface area contributed by atoms with Crippen molar-refractivity contribution in [3.63, 3.8) is 0 Å². The summed E-state index contributed by atoms with van der Waals surface area (Å²) in [4.78, 5) is 1.18. The summed E-state index contributed by atoms with van der Waals surface area (Å²) in [7, 11) is 0. The van der Waals surface area contributed by atoms with Crippen LogP contribution >= 0.6 is 27.3 Å². The molecule has 0 spiro atoms. The van der Waals surface area contributed by atoms with E-state index in [0.717, 1.165) is 17.5 Å². The number of ether oxygens (including phenoxy) is 2. The molecule has 0 saturated carbocycles. The van der Waals surface area contributed by atoms with Gasteiger partial charge in [0.2, 0.25) is 0 Å². The predicted octanol–water partition coefficient (Wildman–Crippen LogP) is 2.32. The van der Waals surface area contributed by atoms with Crippen LogP contribution in [0.4, 0.5) is 0 Å². The number of hydrogen-bond donors (Lipinski definition) is 1. The highest BCUT2D eigenvalue weighted by molar-refractivity contribution is 9.10. The van der Waals surface area contributed by atoms with Crippen LogP contribution in [0.15, 0.2) is 15.9 Å². The quantitative estimate of drug-likeness (QED) is 0.926. The van der Waals surface area contributed by atoms with Gasteiger partial charge in [0.05, 0.1) is 12.7 Å². The standard InChI is InChI=1S/C10H14BrNO2S/c11-7-3-10(15-6-7)9(4-12)14-8-1-2-13-5-8/h3,6,8-9H,1-2,4-5,12H2. The fraction of sp³-hybridized carbons (Fsp3) is 0.600. The lowest BCUT2D eigenvalue weighted by atomic mass is 10.2. The van der Waals surface area contributed by atoms with E-state index < -0.39 is 0 Å². The third-order valence-electron chi connectivity index (χ3n) is 2.36. The molecule has 1 aromatic rings. The largest absolute Gasteiger partial charge is 0.379 e. The van der Waals surface area contributed by atoms with Crippen LogP contribution in [0.1, 0.15) is 17.4 Å². The summed E-state index contributed by atoms with van der Waals surface area (Å²) in [5.74, 6) is 0. The maximum Gasteiger partial charge on any atom is 0.104 e. The number of nitrogens with two attached hydrogens (primary N) is 1. The lowest BCUT2D eigenvalue weighted by Crippen LogP contribution is -2.22. The van der Waals surface area contributed by atoms with Crippen molar-refractivity contribution in [2.75, 3.05) is 19.8 Å². The van der Waals surface area contributed by atoms with Crippen LogP contribution in [-0.2, 0) is 9.47 Å². The number of halogens is 1. The van der Waals surface area contributed by atoms with Gasteiger partial charge < -0.3 is 15.2 Å². The Bertz CT molecular complexity index is 312. The first-order valence-corrected chi connectivity index (χ1v) is 6.64. The fourth-order valence-electron chi connectivity index (χ4n) is 1.59. The fourth-order valence-corrected chi connectivity index (χ4v) is 3.08. The summed E-state index contributed by atoms with van der Waals surface area (Å²) < 4.78 is 12.3. The van der Waals surface area contributed by atoms with Gasteiger partial charge in [0.15, 0.2) is 0 Å². The average Bonchev–Trinajstić information content (AvgIpc) is 2.85. The molecule has 1 saturated heterocycles. The Morgan fingerprint density at radius 3 is 3.13 bits per heavy atom. The number of thiophene rings is 1. The smallest absolute Gasteiger partial charge is 0.104 e. The van der Waals surface area contributed by atoms with Crippen LogP contribution in [-0.4, -0.2) is 25.9 Å². The van der Waals surface area contributed by atoms with Crippen LogP contribution in [0, 0.1) is 0 Å². The molecule has 2 unspecified atom stereocenters. The zero-order valence-corrected chi connectivity index (χ0v) is 10.7. The van der Waals surface area contributed by atoms with Crippen LogP contribution in [0.2, 0.25) is 0 Å². The molecule has 0 aromatic carbocycles. The maximum absolute atomic E-state index is 5.90. The molecular weight excluding hydrogens is 278 g/mol. The van der Waals surface area contributed by atoms with E-state index in [1.165, 1.54) is 4.88 Å². The Hall–Kier alpha value is 0.0600. The van der Waals surface area contributed by atoms with Crippen molar-refractivity contribution in [1.82, 2.24) is 0 Å².